The molecule has 0 amide bonds. The molecule has 3 rings (SSSR count). The van der Waals surface area contributed by atoms with Gasteiger partial charge in [0.2, 0.25) is 0 Å². The van der Waals surface area contributed by atoms with Crippen molar-refractivity contribution in [1.82, 2.24) is 10.2 Å². The van der Waals surface area contributed by atoms with Gasteiger partial charge in [0.15, 0.2) is 0 Å². The largest absolute Gasteiger partial charge is 0.378 e. The zero-order valence-electron chi connectivity index (χ0n) is 11.8. The van der Waals surface area contributed by atoms with Crippen LogP contribution in [0.15, 0.2) is 52.1 Å². The number of benzene rings is 2. The van der Waals surface area contributed by atoms with Gasteiger partial charge in [-0.05, 0) is 25.1 Å². The Labute approximate surface area is 124 Å². The number of aromatic nitrogens is 2. The van der Waals surface area contributed by atoms with E-state index in [2.05, 4.69) is 15.5 Å². The van der Waals surface area contributed by atoms with Crippen LogP contribution in [0.2, 0.25) is 0 Å². The molecule has 0 saturated carbocycles. The van der Waals surface area contributed by atoms with Crippen molar-refractivity contribution in [3.05, 3.63) is 74.6 Å². The molecule has 0 aliphatic rings. The van der Waals surface area contributed by atoms with Crippen LogP contribution < -0.4 is 16.4 Å². The molecule has 0 saturated heterocycles. The van der Waals surface area contributed by atoms with Crippen molar-refractivity contribution in [2.75, 3.05) is 5.32 Å². The van der Waals surface area contributed by atoms with Gasteiger partial charge in [0.25, 0.3) is 11.1 Å². The molecule has 0 aliphatic carbocycles. The quantitative estimate of drug-likeness (QED) is 0.695. The van der Waals surface area contributed by atoms with E-state index in [0.717, 1.165) is 0 Å². The van der Waals surface area contributed by atoms with Crippen LogP contribution in [0.5, 0.6) is 0 Å². The van der Waals surface area contributed by atoms with E-state index < -0.39 is 5.56 Å². The molecule has 112 valence electrons. The highest BCUT2D eigenvalue weighted by Crippen LogP contribution is 2.24. The van der Waals surface area contributed by atoms with E-state index in [1.807, 2.05) is 0 Å². The molecule has 22 heavy (non-hydrogen) atoms. The zero-order valence-corrected chi connectivity index (χ0v) is 11.8. The van der Waals surface area contributed by atoms with E-state index in [1.165, 1.54) is 6.07 Å². The Balaban J connectivity index is 2.09. The van der Waals surface area contributed by atoms with Crippen molar-refractivity contribution in [2.45, 2.75) is 13.0 Å². The Morgan fingerprint density at radius 3 is 2.50 bits per heavy atom. The monoisotopic (exact) mass is 299 g/mol. The van der Waals surface area contributed by atoms with Gasteiger partial charge < -0.3 is 5.32 Å². The maximum absolute atomic E-state index is 13.8. The Hall–Kier alpha value is -2.89. The second kappa shape index (κ2) is 5.48. The standard InChI is InChI=1S/C16H14FN3O2/c1-9(10-5-2-3-7-12(10)17)18-13-8-4-6-11-14(13)16(22)20-19-15(11)21/h2-9,18H,1H3,(H,19,21)(H,20,22). The summed E-state index contributed by atoms with van der Waals surface area (Å²) >= 11 is 0. The average molecular weight is 299 g/mol. The fourth-order valence-corrected chi connectivity index (χ4v) is 2.49. The number of fused-ring (bicyclic) bond motifs is 1. The fraction of sp³-hybridized carbons (Fsp3) is 0.125. The third-order valence-corrected chi connectivity index (χ3v) is 3.57. The summed E-state index contributed by atoms with van der Waals surface area (Å²) in [5.41, 5.74) is 0.191. The molecule has 0 spiro atoms. The van der Waals surface area contributed by atoms with E-state index in [4.69, 9.17) is 0 Å². The highest BCUT2D eigenvalue weighted by Gasteiger charge is 2.13. The number of anilines is 1. The number of H-pyrrole nitrogens is 2. The van der Waals surface area contributed by atoms with Gasteiger partial charge in [0, 0.05) is 11.3 Å². The molecule has 3 aromatic rings. The van der Waals surface area contributed by atoms with Crippen LogP contribution in [0, 0.1) is 5.82 Å². The summed E-state index contributed by atoms with van der Waals surface area (Å²) in [4.78, 5) is 23.8. The molecule has 1 atom stereocenters. The van der Waals surface area contributed by atoms with Crippen molar-refractivity contribution < 1.29 is 4.39 Å². The normalized spacial score (nSPS) is 12.3. The maximum Gasteiger partial charge on any atom is 0.272 e. The van der Waals surface area contributed by atoms with Crippen LogP contribution in [-0.2, 0) is 0 Å². The third-order valence-electron chi connectivity index (χ3n) is 3.57. The minimum Gasteiger partial charge on any atom is -0.378 e. The first-order chi connectivity index (χ1) is 10.6. The van der Waals surface area contributed by atoms with Crippen LogP contribution >= 0.6 is 0 Å². The van der Waals surface area contributed by atoms with Crippen LogP contribution in [0.1, 0.15) is 18.5 Å². The lowest BCUT2D eigenvalue weighted by Crippen LogP contribution is -2.20. The summed E-state index contributed by atoms with van der Waals surface area (Å²) in [5, 5.41) is 8.23. The first-order valence-corrected chi connectivity index (χ1v) is 6.82. The van der Waals surface area contributed by atoms with Gasteiger partial charge >= 0.3 is 0 Å². The first kappa shape index (κ1) is 14.1. The second-order valence-electron chi connectivity index (χ2n) is 5.02. The van der Waals surface area contributed by atoms with Gasteiger partial charge in [-0.1, -0.05) is 24.3 Å². The van der Waals surface area contributed by atoms with Gasteiger partial charge in [-0.3, -0.25) is 19.8 Å². The molecule has 0 aliphatic heterocycles. The van der Waals surface area contributed by atoms with E-state index in [0.29, 0.717) is 11.3 Å². The lowest BCUT2D eigenvalue weighted by Gasteiger charge is -2.17. The minimum atomic E-state index is -0.404. The maximum atomic E-state index is 13.8. The summed E-state index contributed by atoms with van der Waals surface area (Å²) in [5.74, 6) is -0.325. The lowest BCUT2D eigenvalue weighted by atomic mass is 10.1. The predicted octanol–water partition coefficient (Wildman–Crippen LogP) is 2.53. The van der Waals surface area contributed by atoms with Crippen LogP contribution in [-0.4, -0.2) is 10.2 Å². The minimum absolute atomic E-state index is 0.259. The van der Waals surface area contributed by atoms with E-state index in [9.17, 15) is 14.0 Å². The average Bonchev–Trinajstić information content (AvgIpc) is 2.51. The predicted molar refractivity (Wildman–Crippen MR) is 83.6 cm³/mol. The topological polar surface area (TPSA) is 77.8 Å². The third kappa shape index (κ3) is 2.39. The molecular weight excluding hydrogens is 285 g/mol. The number of halogens is 1. The summed E-state index contributed by atoms with van der Waals surface area (Å²) in [6, 6.07) is 11.0. The molecule has 6 heteroatoms. The molecular formula is C16H14FN3O2. The highest BCUT2D eigenvalue weighted by molar-refractivity contribution is 5.92. The van der Waals surface area contributed by atoms with Gasteiger partial charge in [0.05, 0.1) is 16.8 Å². The molecule has 5 nitrogen and oxygen atoms in total. The van der Waals surface area contributed by atoms with Gasteiger partial charge in [-0.15, -0.1) is 0 Å². The summed E-state index contributed by atoms with van der Waals surface area (Å²) in [6.45, 7) is 1.79. The molecule has 3 N–H and O–H groups in total. The number of nitrogens with one attached hydrogen (secondary N) is 3. The van der Waals surface area contributed by atoms with Gasteiger partial charge in [-0.25, -0.2) is 4.39 Å². The van der Waals surface area contributed by atoms with Gasteiger partial charge in [0.1, 0.15) is 5.82 Å². The Bertz CT molecular complexity index is 946. The van der Waals surface area contributed by atoms with Crippen LogP contribution in [0.3, 0.4) is 0 Å². The number of rotatable bonds is 3. The molecule has 0 fully saturated rings. The highest BCUT2D eigenvalue weighted by atomic mass is 19.1. The molecule has 1 unspecified atom stereocenters. The van der Waals surface area contributed by atoms with Crippen molar-refractivity contribution in [2.24, 2.45) is 0 Å². The van der Waals surface area contributed by atoms with Gasteiger partial charge in [-0.2, -0.15) is 0 Å². The van der Waals surface area contributed by atoms with Crippen LogP contribution in [0.25, 0.3) is 10.8 Å². The van der Waals surface area contributed by atoms with Crippen molar-refractivity contribution in [3.63, 3.8) is 0 Å². The fourth-order valence-electron chi connectivity index (χ4n) is 2.49. The summed E-state index contributed by atoms with van der Waals surface area (Å²) in [6.07, 6.45) is 0. The van der Waals surface area contributed by atoms with Crippen molar-refractivity contribution >= 4 is 16.5 Å². The van der Waals surface area contributed by atoms with E-state index in [1.54, 1.807) is 43.3 Å². The first-order valence-electron chi connectivity index (χ1n) is 6.82. The summed E-state index contributed by atoms with van der Waals surface area (Å²) < 4.78 is 13.8. The van der Waals surface area contributed by atoms with E-state index >= 15 is 0 Å². The lowest BCUT2D eigenvalue weighted by molar-refractivity contribution is 0.600. The Morgan fingerprint density at radius 2 is 1.73 bits per heavy atom. The van der Waals surface area contributed by atoms with E-state index in [-0.39, 0.29) is 28.2 Å². The number of hydrogen-bond acceptors (Lipinski definition) is 3. The van der Waals surface area contributed by atoms with Crippen molar-refractivity contribution in [3.8, 4) is 0 Å². The smallest absolute Gasteiger partial charge is 0.272 e. The SMILES string of the molecule is CC(Nc1cccc2c(=O)[nH][nH]c(=O)c12)c1ccccc1F. The molecule has 1 aromatic heterocycles. The molecule has 2 aromatic carbocycles. The second-order valence-corrected chi connectivity index (χ2v) is 5.02. The Morgan fingerprint density at radius 1 is 1.00 bits per heavy atom. The number of hydrogen-bond donors (Lipinski definition) is 3. The zero-order chi connectivity index (χ0) is 15.7. The van der Waals surface area contributed by atoms with Crippen LogP contribution in [0.4, 0.5) is 10.1 Å². The number of aromatic amines is 2. The molecule has 0 radical (unpaired) electrons. The molecule has 1 heterocycles. The summed E-state index contributed by atoms with van der Waals surface area (Å²) in [7, 11) is 0. The molecule has 0 bridgehead atoms. The van der Waals surface area contributed by atoms with Crippen molar-refractivity contribution in [1.29, 1.82) is 0 Å². The Kier molecular flexibility index (Phi) is 3.50.